The summed E-state index contributed by atoms with van der Waals surface area (Å²) in [6.07, 6.45) is 1.89. The average Bonchev–Trinajstić information content (AvgIpc) is 3.40. The molecule has 3 heterocycles. The van der Waals surface area contributed by atoms with Crippen molar-refractivity contribution < 1.29 is 9.53 Å². The minimum absolute atomic E-state index is 0.0164. The maximum Gasteiger partial charge on any atom is 0.262 e. The highest BCUT2D eigenvalue weighted by molar-refractivity contribution is 8.00. The number of carbonyl (C=O) groups is 1. The Morgan fingerprint density at radius 2 is 1.94 bits per heavy atom. The third kappa shape index (κ3) is 5.78. The Balaban J connectivity index is 1.29. The summed E-state index contributed by atoms with van der Waals surface area (Å²) in [5.74, 6) is 0.0727. The molecular weight excluding hydrogens is 496 g/mol. The summed E-state index contributed by atoms with van der Waals surface area (Å²) >= 11 is 7.52. The van der Waals surface area contributed by atoms with E-state index in [1.165, 1.54) is 17.3 Å². The van der Waals surface area contributed by atoms with Gasteiger partial charge in [0, 0.05) is 44.4 Å². The lowest BCUT2D eigenvalue weighted by Crippen LogP contribution is -2.50. The zero-order chi connectivity index (χ0) is 25.1. The average molecular weight is 527 g/mol. The molecule has 1 aromatic heterocycles. The normalized spacial score (nSPS) is 19.6. The summed E-state index contributed by atoms with van der Waals surface area (Å²) < 4.78 is 7.48. The number of hydrogen-bond donors (Lipinski definition) is 0. The van der Waals surface area contributed by atoms with E-state index in [9.17, 15) is 9.59 Å². The number of piperazine rings is 1. The van der Waals surface area contributed by atoms with Gasteiger partial charge in [-0.3, -0.25) is 19.1 Å². The number of ether oxygens (including phenoxy) is 1. The molecule has 1 amide bonds. The Hall–Kier alpha value is -2.39. The van der Waals surface area contributed by atoms with Crippen LogP contribution in [0.2, 0.25) is 5.02 Å². The molecule has 0 spiro atoms. The maximum atomic E-state index is 13.4. The number of carbonyl (C=O) groups excluding carboxylic acids is 1. The monoisotopic (exact) mass is 526 g/mol. The molecule has 190 valence electrons. The highest BCUT2D eigenvalue weighted by Crippen LogP contribution is 2.27. The van der Waals surface area contributed by atoms with E-state index in [4.69, 9.17) is 21.3 Å². The van der Waals surface area contributed by atoms with Crippen molar-refractivity contribution in [2.45, 2.75) is 49.4 Å². The lowest BCUT2D eigenvalue weighted by Gasteiger charge is -2.36. The zero-order valence-corrected chi connectivity index (χ0v) is 22.0. The Morgan fingerprint density at radius 3 is 2.67 bits per heavy atom. The second-order valence-corrected chi connectivity index (χ2v) is 11.2. The molecule has 2 saturated heterocycles. The quantitative estimate of drug-likeness (QED) is 0.342. The van der Waals surface area contributed by atoms with Gasteiger partial charge in [0.1, 0.15) is 0 Å². The van der Waals surface area contributed by atoms with E-state index in [0.29, 0.717) is 47.3 Å². The Bertz CT molecular complexity index is 1270. The van der Waals surface area contributed by atoms with E-state index in [-0.39, 0.29) is 22.8 Å². The van der Waals surface area contributed by atoms with Gasteiger partial charge in [0.25, 0.3) is 5.56 Å². The second-order valence-electron chi connectivity index (χ2n) is 9.45. The molecular formula is C27H31ClN4O3S. The van der Waals surface area contributed by atoms with Crippen molar-refractivity contribution >= 4 is 40.2 Å². The van der Waals surface area contributed by atoms with Crippen molar-refractivity contribution in [3.05, 3.63) is 69.5 Å². The molecule has 2 fully saturated rings. The topological polar surface area (TPSA) is 67.7 Å². The van der Waals surface area contributed by atoms with Crippen LogP contribution in [0.5, 0.6) is 0 Å². The second kappa shape index (κ2) is 11.3. The molecule has 0 N–H and O–H groups in total. The van der Waals surface area contributed by atoms with Crippen LogP contribution in [-0.4, -0.2) is 69.4 Å². The summed E-state index contributed by atoms with van der Waals surface area (Å²) in [6, 6.07) is 15.5. The summed E-state index contributed by atoms with van der Waals surface area (Å²) in [7, 11) is 0. The van der Waals surface area contributed by atoms with E-state index >= 15 is 0 Å². The van der Waals surface area contributed by atoms with Gasteiger partial charge in [-0.05, 0) is 43.5 Å². The van der Waals surface area contributed by atoms with Crippen molar-refractivity contribution in [3.63, 3.8) is 0 Å². The number of thioether (sulfide) groups is 1. The molecule has 2 aromatic carbocycles. The van der Waals surface area contributed by atoms with Crippen molar-refractivity contribution in [2.24, 2.45) is 0 Å². The van der Waals surface area contributed by atoms with E-state index < -0.39 is 0 Å². The third-order valence-corrected chi connectivity index (χ3v) is 8.17. The molecule has 0 bridgehead atoms. The zero-order valence-electron chi connectivity index (χ0n) is 20.4. The summed E-state index contributed by atoms with van der Waals surface area (Å²) in [5.41, 5.74) is 1.71. The van der Waals surface area contributed by atoms with Gasteiger partial charge in [-0.25, -0.2) is 4.98 Å². The Morgan fingerprint density at radius 1 is 1.17 bits per heavy atom. The van der Waals surface area contributed by atoms with Crippen LogP contribution >= 0.6 is 23.4 Å². The fraction of sp³-hybridized carbons (Fsp3) is 0.444. The van der Waals surface area contributed by atoms with Gasteiger partial charge in [0.05, 0.1) is 28.8 Å². The first kappa shape index (κ1) is 25.3. The van der Waals surface area contributed by atoms with Crippen LogP contribution < -0.4 is 5.56 Å². The van der Waals surface area contributed by atoms with E-state index in [0.717, 1.165) is 32.5 Å². The molecule has 9 heteroatoms. The molecule has 36 heavy (non-hydrogen) atoms. The van der Waals surface area contributed by atoms with E-state index in [2.05, 4.69) is 29.2 Å². The number of fused-ring (bicyclic) bond motifs is 1. The van der Waals surface area contributed by atoms with E-state index in [1.54, 1.807) is 22.8 Å². The molecule has 0 radical (unpaired) electrons. The van der Waals surface area contributed by atoms with Gasteiger partial charge < -0.3 is 9.64 Å². The van der Waals surface area contributed by atoms with Crippen molar-refractivity contribution in [1.29, 1.82) is 0 Å². The molecule has 5 rings (SSSR count). The van der Waals surface area contributed by atoms with Crippen LogP contribution in [0.4, 0.5) is 0 Å². The van der Waals surface area contributed by atoms with Crippen molar-refractivity contribution in [1.82, 2.24) is 19.4 Å². The van der Waals surface area contributed by atoms with Gasteiger partial charge in [0.15, 0.2) is 5.16 Å². The largest absolute Gasteiger partial charge is 0.376 e. The van der Waals surface area contributed by atoms with Crippen LogP contribution in [0, 0.1) is 0 Å². The number of halogens is 1. The van der Waals surface area contributed by atoms with Crippen LogP contribution in [-0.2, 0) is 22.6 Å². The number of benzene rings is 2. The van der Waals surface area contributed by atoms with Crippen LogP contribution in [0.25, 0.3) is 10.9 Å². The predicted octanol–water partition coefficient (Wildman–Crippen LogP) is 4.05. The molecule has 2 aliphatic rings. The minimum Gasteiger partial charge on any atom is -0.376 e. The van der Waals surface area contributed by atoms with Gasteiger partial charge in [-0.1, -0.05) is 53.7 Å². The van der Waals surface area contributed by atoms with Crippen LogP contribution in [0.3, 0.4) is 0 Å². The van der Waals surface area contributed by atoms with Crippen molar-refractivity contribution in [2.75, 3.05) is 32.8 Å². The summed E-state index contributed by atoms with van der Waals surface area (Å²) in [6.45, 7) is 7.01. The number of rotatable bonds is 7. The molecule has 3 aromatic rings. The van der Waals surface area contributed by atoms with Crippen LogP contribution in [0.1, 0.15) is 25.3 Å². The maximum absolute atomic E-state index is 13.4. The fourth-order valence-electron chi connectivity index (χ4n) is 4.85. The molecule has 0 unspecified atom stereocenters. The van der Waals surface area contributed by atoms with Crippen molar-refractivity contribution in [3.8, 4) is 0 Å². The molecule has 2 atom stereocenters. The third-order valence-electron chi connectivity index (χ3n) is 6.86. The van der Waals surface area contributed by atoms with Gasteiger partial charge in [-0.2, -0.15) is 0 Å². The minimum atomic E-state index is -0.370. The summed E-state index contributed by atoms with van der Waals surface area (Å²) in [5, 5.41) is 1.22. The smallest absolute Gasteiger partial charge is 0.262 e. The lowest BCUT2D eigenvalue weighted by atomic mass is 10.2. The van der Waals surface area contributed by atoms with Gasteiger partial charge in [-0.15, -0.1) is 0 Å². The first-order valence-electron chi connectivity index (χ1n) is 12.5. The number of nitrogens with zero attached hydrogens (tertiary/aromatic N) is 4. The Labute approximate surface area is 220 Å². The molecule has 0 saturated carbocycles. The number of hydrogen-bond acceptors (Lipinski definition) is 6. The molecule has 0 aliphatic carbocycles. The summed E-state index contributed by atoms with van der Waals surface area (Å²) in [4.78, 5) is 35.8. The highest BCUT2D eigenvalue weighted by atomic mass is 35.5. The number of amides is 1. The first-order valence-corrected chi connectivity index (χ1v) is 13.8. The highest BCUT2D eigenvalue weighted by Gasteiger charge is 2.28. The molecule has 2 aliphatic heterocycles. The van der Waals surface area contributed by atoms with Gasteiger partial charge >= 0.3 is 0 Å². The Kier molecular flexibility index (Phi) is 7.96. The van der Waals surface area contributed by atoms with E-state index in [1.807, 2.05) is 17.9 Å². The standard InChI is InChI=1S/C27H31ClN4O3S/c1-19(25(33)31-13-11-30(12-14-31)17-20-6-3-2-4-7-20)36-27-29-24-16-21(28)9-10-23(24)26(34)32(27)18-22-8-5-15-35-22/h2-4,6-7,9-10,16,19,22H,5,8,11-15,17-18H2,1H3/t19-,22-/m1/s1. The lowest BCUT2D eigenvalue weighted by molar-refractivity contribution is -0.132. The van der Waals surface area contributed by atoms with Gasteiger partial charge in [0.2, 0.25) is 5.91 Å². The fourth-order valence-corrected chi connectivity index (χ4v) is 6.02. The first-order chi connectivity index (χ1) is 17.5. The molecule has 7 nitrogen and oxygen atoms in total. The number of aromatic nitrogens is 2. The predicted molar refractivity (Wildman–Crippen MR) is 144 cm³/mol. The SMILES string of the molecule is C[C@@H](Sc1nc2cc(Cl)ccc2c(=O)n1C[C@H]1CCCO1)C(=O)N1CCN(Cc2ccccc2)CC1. The van der Waals surface area contributed by atoms with Crippen LogP contribution in [0.15, 0.2) is 58.5 Å².